The van der Waals surface area contributed by atoms with E-state index in [0.29, 0.717) is 23.4 Å². The quantitative estimate of drug-likeness (QED) is 0.547. The minimum atomic E-state index is -4.16. The normalized spacial score (nSPS) is 19.1. The van der Waals surface area contributed by atoms with E-state index in [9.17, 15) is 12.8 Å². The van der Waals surface area contributed by atoms with Crippen molar-refractivity contribution in [1.82, 2.24) is 5.32 Å². The molecule has 1 aromatic heterocycles. The van der Waals surface area contributed by atoms with Crippen LogP contribution in [0.2, 0.25) is 0 Å². The van der Waals surface area contributed by atoms with Crippen molar-refractivity contribution in [2.24, 2.45) is 0 Å². The number of hydrogen-bond donors (Lipinski definition) is 2. The highest BCUT2D eigenvalue weighted by Crippen LogP contribution is 2.33. The lowest BCUT2D eigenvalue weighted by molar-refractivity contribution is 0.406. The van der Waals surface area contributed by atoms with Crippen molar-refractivity contribution in [1.29, 1.82) is 0 Å². The van der Waals surface area contributed by atoms with Crippen LogP contribution in [-0.4, -0.2) is 40.7 Å². The first kappa shape index (κ1) is 22.6. The summed E-state index contributed by atoms with van der Waals surface area (Å²) in [5, 5.41) is 5.37. The van der Waals surface area contributed by atoms with Gasteiger partial charge in [0.15, 0.2) is 0 Å². The number of benzene rings is 2. The van der Waals surface area contributed by atoms with E-state index < -0.39 is 20.7 Å². The van der Waals surface area contributed by atoms with E-state index in [1.54, 1.807) is 18.2 Å². The summed E-state index contributed by atoms with van der Waals surface area (Å²) >= 11 is 1.46. The average Bonchev–Trinajstić information content (AvgIpc) is 3.27. The monoisotopic (exact) mass is 475 g/mol. The minimum Gasteiger partial charge on any atom is -0.495 e. The van der Waals surface area contributed by atoms with E-state index in [0.717, 1.165) is 23.7 Å². The third-order valence-electron chi connectivity index (χ3n) is 5.38. The summed E-state index contributed by atoms with van der Waals surface area (Å²) in [5.41, 5.74) is 1.78. The fourth-order valence-corrected chi connectivity index (χ4v) is 5.87. The summed E-state index contributed by atoms with van der Waals surface area (Å²) in [6.07, 6.45) is 0. The molecule has 2 atom stereocenters. The van der Waals surface area contributed by atoms with Crippen LogP contribution < -0.4 is 19.7 Å². The molecule has 6 nitrogen and oxygen atoms in total. The molecule has 2 heterocycles. The Balaban J connectivity index is 1.64. The van der Waals surface area contributed by atoms with Gasteiger partial charge in [0.2, 0.25) is 0 Å². The minimum absolute atomic E-state index is 0.269. The molecule has 32 heavy (non-hydrogen) atoms. The fraction of sp³-hybridized carbons (Fsp3) is 0.304. The van der Waals surface area contributed by atoms with Gasteiger partial charge in [0.1, 0.15) is 16.5 Å². The van der Waals surface area contributed by atoms with Gasteiger partial charge < -0.3 is 15.0 Å². The van der Waals surface area contributed by atoms with Crippen molar-refractivity contribution >= 4 is 32.7 Å². The summed E-state index contributed by atoms with van der Waals surface area (Å²) in [4.78, 5) is 2.66. The maximum atomic E-state index is 14.8. The molecule has 2 N–H and O–H groups in total. The van der Waals surface area contributed by atoms with Gasteiger partial charge in [0, 0.05) is 35.7 Å². The molecule has 0 aliphatic carbocycles. The summed E-state index contributed by atoms with van der Waals surface area (Å²) in [6.45, 7) is 5.81. The number of sulfonamides is 1. The van der Waals surface area contributed by atoms with Crippen LogP contribution in [0.1, 0.15) is 13.8 Å². The Morgan fingerprint density at radius 2 is 1.88 bits per heavy atom. The number of nitrogens with zero attached hydrogens (tertiary/aromatic N) is 1. The number of hydrogen-bond acceptors (Lipinski definition) is 6. The number of methoxy groups -OCH3 is 1. The molecule has 2 aromatic carbocycles. The molecule has 1 saturated heterocycles. The highest BCUT2D eigenvalue weighted by molar-refractivity contribution is 7.92. The van der Waals surface area contributed by atoms with Gasteiger partial charge in [-0.3, -0.25) is 4.72 Å². The molecule has 170 valence electrons. The van der Waals surface area contributed by atoms with Gasteiger partial charge in [0.25, 0.3) is 10.0 Å². The smallest absolute Gasteiger partial charge is 0.264 e. The first-order chi connectivity index (χ1) is 15.3. The van der Waals surface area contributed by atoms with Crippen LogP contribution in [0.15, 0.2) is 58.8 Å². The van der Waals surface area contributed by atoms with E-state index in [4.69, 9.17) is 4.74 Å². The Hall–Kier alpha value is -2.62. The third-order valence-corrected chi connectivity index (χ3v) is 7.69. The Kier molecular flexibility index (Phi) is 6.41. The van der Waals surface area contributed by atoms with E-state index in [2.05, 4.69) is 28.8 Å². The largest absolute Gasteiger partial charge is 0.495 e. The van der Waals surface area contributed by atoms with E-state index in [1.807, 2.05) is 23.6 Å². The van der Waals surface area contributed by atoms with Crippen LogP contribution in [0.4, 0.5) is 15.8 Å². The predicted molar refractivity (Wildman–Crippen MR) is 128 cm³/mol. The average molecular weight is 476 g/mol. The van der Waals surface area contributed by atoms with E-state index in [-0.39, 0.29) is 5.69 Å². The van der Waals surface area contributed by atoms with Gasteiger partial charge in [-0.05, 0) is 61.2 Å². The zero-order valence-electron chi connectivity index (χ0n) is 18.1. The maximum absolute atomic E-state index is 14.8. The third kappa shape index (κ3) is 4.74. The van der Waals surface area contributed by atoms with Crippen LogP contribution in [0, 0.1) is 5.82 Å². The van der Waals surface area contributed by atoms with E-state index in [1.165, 1.54) is 30.6 Å². The van der Waals surface area contributed by atoms with Gasteiger partial charge in [0.05, 0.1) is 12.8 Å². The molecule has 0 bridgehead atoms. The Bertz CT molecular complexity index is 1190. The van der Waals surface area contributed by atoms with Crippen molar-refractivity contribution in [2.45, 2.75) is 30.8 Å². The topological polar surface area (TPSA) is 70.7 Å². The van der Waals surface area contributed by atoms with Crippen LogP contribution in [0.25, 0.3) is 10.4 Å². The molecule has 1 aliphatic rings. The second-order valence-corrected chi connectivity index (χ2v) is 10.6. The number of ether oxygens (including phenoxy) is 1. The van der Waals surface area contributed by atoms with Crippen LogP contribution >= 0.6 is 11.3 Å². The zero-order chi connectivity index (χ0) is 22.9. The molecular formula is C23H26FN3O3S2. The van der Waals surface area contributed by atoms with Crippen molar-refractivity contribution in [3.05, 3.63) is 59.7 Å². The number of halogens is 1. The SMILES string of the molecule is COc1ccc(N2CC(C)NC(C)C2)cc1NS(=O)(=O)c1ccc(-c2cccs2)cc1F. The first-order valence-corrected chi connectivity index (χ1v) is 12.7. The van der Waals surface area contributed by atoms with Crippen LogP contribution in [0.5, 0.6) is 5.75 Å². The Morgan fingerprint density at radius 3 is 2.50 bits per heavy atom. The highest BCUT2D eigenvalue weighted by atomic mass is 32.2. The van der Waals surface area contributed by atoms with Gasteiger partial charge in [-0.25, -0.2) is 12.8 Å². The number of anilines is 2. The van der Waals surface area contributed by atoms with Gasteiger partial charge in [-0.1, -0.05) is 12.1 Å². The molecule has 0 amide bonds. The zero-order valence-corrected chi connectivity index (χ0v) is 19.8. The van der Waals surface area contributed by atoms with Gasteiger partial charge in [-0.2, -0.15) is 0 Å². The lowest BCUT2D eigenvalue weighted by atomic mass is 10.1. The Labute approximate surface area is 192 Å². The lowest BCUT2D eigenvalue weighted by Crippen LogP contribution is -2.54. The highest BCUT2D eigenvalue weighted by Gasteiger charge is 2.24. The number of nitrogens with one attached hydrogen (secondary N) is 2. The molecule has 0 spiro atoms. The molecule has 9 heteroatoms. The van der Waals surface area contributed by atoms with E-state index >= 15 is 0 Å². The van der Waals surface area contributed by atoms with Gasteiger partial charge in [-0.15, -0.1) is 11.3 Å². The Morgan fingerprint density at radius 1 is 1.12 bits per heavy atom. The van der Waals surface area contributed by atoms with Gasteiger partial charge >= 0.3 is 0 Å². The molecule has 2 unspecified atom stereocenters. The number of rotatable bonds is 6. The molecule has 1 aliphatic heterocycles. The molecule has 1 fully saturated rings. The standard InChI is InChI=1S/C23H26FN3O3S2/c1-15-13-27(14-16(2)25-15)18-7-8-21(30-3)20(12-18)26-32(28,29)23-9-6-17(11-19(23)24)22-5-4-10-31-22/h4-12,15-16,25-26H,13-14H2,1-3H3. The summed E-state index contributed by atoms with van der Waals surface area (Å²) in [5.74, 6) is -0.438. The van der Waals surface area contributed by atoms with Crippen LogP contribution in [-0.2, 0) is 10.0 Å². The first-order valence-electron chi connectivity index (χ1n) is 10.3. The number of thiophene rings is 1. The maximum Gasteiger partial charge on any atom is 0.264 e. The molecule has 0 saturated carbocycles. The summed E-state index contributed by atoms with van der Waals surface area (Å²) in [7, 11) is -2.69. The summed E-state index contributed by atoms with van der Waals surface area (Å²) < 4.78 is 48.8. The predicted octanol–water partition coefficient (Wildman–Crippen LogP) is 4.55. The summed E-state index contributed by atoms with van der Waals surface area (Å²) in [6, 6.07) is 13.8. The lowest BCUT2D eigenvalue weighted by Gasteiger charge is -2.38. The van der Waals surface area contributed by atoms with Crippen molar-refractivity contribution in [3.63, 3.8) is 0 Å². The molecule has 0 radical (unpaired) electrons. The van der Waals surface area contributed by atoms with Crippen molar-refractivity contribution < 1.29 is 17.5 Å². The molecular weight excluding hydrogens is 449 g/mol. The van der Waals surface area contributed by atoms with Crippen molar-refractivity contribution in [2.75, 3.05) is 29.8 Å². The molecule has 3 aromatic rings. The van der Waals surface area contributed by atoms with Crippen LogP contribution in [0.3, 0.4) is 0 Å². The second-order valence-electron chi connectivity index (χ2n) is 7.99. The second kappa shape index (κ2) is 9.09. The van der Waals surface area contributed by atoms with Crippen molar-refractivity contribution in [3.8, 4) is 16.2 Å². The number of piperazine rings is 1. The fourth-order valence-electron chi connectivity index (χ4n) is 4.02. The molecule has 4 rings (SSSR count).